The summed E-state index contributed by atoms with van der Waals surface area (Å²) in [7, 11) is 0. The lowest BCUT2D eigenvalue weighted by Crippen LogP contribution is -2.21. The monoisotopic (exact) mass is 537 g/mol. The number of hydrogen-bond acceptors (Lipinski definition) is 4. The lowest BCUT2D eigenvalue weighted by molar-refractivity contribution is -0.305. The number of aliphatic carboxylic acids is 1. The topological polar surface area (TPSA) is 66.4 Å². The highest BCUT2D eigenvalue weighted by Gasteiger charge is 2.14. The predicted octanol–water partition coefficient (Wildman–Crippen LogP) is 10.0. The van der Waals surface area contributed by atoms with E-state index in [1.165, 1.54) is 109 Å². The molecule has 0 spiro atoms. The second-order valence-electron chi connectivity index (χ2n) is 11.7. The molecule has 0 aliphatic carbocycles. The Morgan fingerprint density at radius 2 is 0.789 bits per heavy atom. The van der Waals surface area contributed by atoms with Crippen LogP contribution in [0.1, 0.15) is 200 Å². The molecule has 1 atom stereocenters. The summed E-state index contributed by atoms with van der Waals surface area (Å²) in [5.74, 6) is -0.922. The first-order valence-electron chi connectivity index (χ1n) is 17.0. The molecule has 4 heteroatoms. The Kier molecular flexibility index (Phi) is 29.6. The third-order valence-electron chi connectivity index (χ3n) is 7.82. The molecule has 1 unspecified atom stereocenters. The van der Waals surface area contributed by atoms with Crippen LogP contribution in [0.2, 0.25) is 0 Å². The van der Waals surface area contributed by atoms with Gasteiger partial charge in [0.1, 0.15) is 6.10 Å². The van der Waals surface area contributed by atoms with Gasteiger partial charge < -0.3 is 14.6 Å². The van der Waals surface area contributed by atoms with Crippen molar-refractivity contribution in [1.29, 1.82) is 0 Å². The largest absolute Gasteiger partial charge is 0.550 e. The summed E-state index contributed by atoms with van der Waals surface area (Å²) < 4.78 is 5.95. The van der Waals surface area contributed by atoms with Crippen molar-refractivity contribution in [2.45, 2.75) is 206 Å². The lowest BCUT2D eigenvalue weighted by atomic mass is 10.0. The molecule has 0 aromatic carbocycles. The molecule has 0 aromatic heterocycles. The van der Waals surface area contributed by atoms with Gasteiger partial charge in [-0.05, 0) is 44.9 Å². The molecular formula is C34H65O4-. The van der Waals surface area contributed by atoms with Gasteiger partial charge >= 0.3 is 5.97 Å². The van der Waals surface area contributed by atoms with Crippen LogP contribution in [0, 0.1) is 0 Å². The van der Waals surface area contributed by atoms with Gasteiger partial charge in [0.05, 0.1) is 0 Å². The van der Waals surface area contributed by atoms with Crippen molar-refractivity contribution < 1.29 is 19.4 Å². The molecule has 0 rings (SSSR count). The molecule has 0 N–H and O–H groups in total. The minimum Gasteiger partial charge on any atom is -0.550 e. The van der Waals surface area contributed by atoms with Gasteiger partial charge in [-0.15, -0.1) is 0 Å². The fraction of sp³-hybridized carbons (Fsp3) is 0.941. The number of hydrogen-bond donors (Lipinski definition) is 0. The Bertz CT molecular complexity index is 505. The number of esters is 1. The second-order valence-corrected chi connectivity index (χ2v) is 11.7. The zero-order valence-electron chi connectivity index (χ0n) is 25.7. The van der Waals surface area contributed by atoms with Crippen LogP contribution in [0.25, 0.3) is 0 Å². The highest BCUT2D eigenvalue weighted by Crippen LogP contribution is 2.18. The fourth-order valence-electron chi connectivity index (χ4n) is 5.29. The summed E-state index contributed by atoms with van der Waals surface area (Å²) in [5.41, 5.74) is 0. The van der Waals surface area contributed by atoms with E-state index in [0.29, 0.717) is 6.42 Å². The van der Waals surface area contributed by atoms with Gasteiger partial charge in [0.2, 0.25) is 0 Å². The van der Waals surface area contributed by atoms with Crippen LogP contribution in [0.5, 0.6) is 0 Å². The molecule has 4 nitrogen and oxygen atoms in total. The van der Waals surface area contributed by atoms with Crippen LogP contribution in [-0.2, 0) is 14.3 Å². The second kappa shape index (κ2) is 30.5. The first kappa shape index (κ1) is 36.9. The summed E-state index contributed by atoms with van der Waals surface area (Å²) in [4.78, 5) is 23.0. The molecule has 0 saturated heterocycles. The number of carbonyl (C=O) groups excluding carboxylic acids is 2. The molecule has 0 radical (unpaired) electrons. The highest BCUT2D eigenvalue weighted by molar-refractivity contribution is 5.69. The van der Waals surface area contributed by atoms with Crippen LogP contribution < -0.4 is 5.11 Å². The maximum absolute atomic E-state index is 12.5. The Morgan fingerprint density at radius 1 is 0.474 bits per heavy atom. The summed E-state index contributed by atoms with van der Waals surface area (Å²) in [6, 6.07) is 0. The molecule has 0 bridgehead atoms. The molecule has 0 aliphatic rings. The molecule has 0 fully saturated rings. The Labute approximate surface area is 237 Å². The zero-order valence-corrected chi connectivity index (χ0v) is 25.7. The maximum Gasteiger partial charge on any atom is 0.306 e. The number of carboxylic acids is 1. The van der Waals surface area contributed by atoms with E-state index in [1.807, 2.05) is 0 Å². The van der Waals surface area contributed by atoms with Crippen molar-refractivity contribution in [3.8, 4) is 0 Å². The van der Waals surface area contributed by atoms with Crippen LogP contribution in [-0.4, -0.2) is 18.0 Å². The molecule has 0 aromatic rings. The first-order chi connectivity index (χ1) is 18.6. The predicted molar refractivity (Wildman–Crippen MR) is 160 cm³/mol. The van der Waals surface area contributed by atoms with E-state index in [-0.39, 0.29) is 18.5 Å². The Morgan fingerprint density at radius 3 is 1.16 bits per heavy atom. The SMILES string of the molecule is CCCCCCCCCCCCCCCC(=O)OC(CCCCCCC)CCCCCCCCCC(=O)[O-]. The molecule has 0 heterocycles. The Hall–Kier alpha value is -1.06. The average Bonchev–Trinajstić information content (AvgIpc) is 2.89. The van der Waals surface area contributed by atoms with E-state index in [0.717, 1.165) is 64.2 Å². The summed E-state index contributed by atoms with van der Waals surface area (Å²) >= 11 is 0. The minimum absolute atomic E-state index is 0.0135. The quantitative estimate of drug-likeness (QED) is 0.0651. The summed E-state index contributed by atoms with van der Waals surface area (Å²) in [6.07, 6.45) is 33.7. The van der Waals surface area contributed by atoms with Gasteiger partial charge in [-0.25, -0.2) is 0 Å². The third-order valence-corrected chi connectivity index (χ3v) is 7.82. The average molecular weight is 538 g/mol. The van der Waals surface area contributed by atoms with Gasteiger partial charge in [-0.2, -0.15) is 0 Å². The zero-order chi connectivity index (χ0) is 27.9. The normalized spacial score (nSPS) is 12.1. The molecule has 0 amide bonds. The number of unbranched alkanes of at least 4 members (excludes halogenated alkanes) is 22. The fourth-order valence-corrected chi connectivity index (χ4v) is 5.29. The standard InChI is InChI=1S/C34H66O4/c1-3-5-7-9-10-11-12-13-14-15-19-23-27-31-34(37)38-32(28-24-20-8-6-4-2)29-25-21-17-16-18-22-26-30-33(35)36/h32H,3-31H2,1-2H3,(H,35,36)/p-1. The van der Waals surface area contributed by atoms with Crippen LogP contribution in [0.15, 0.2) is 0 Å². The van der Waals surface area contributed by atoms with Gasteiger partial charge in [-0.3, -0.25) is 4.79 Å². The number of rotatable bonds is 31. The third kappa shape index (κ3) is 29.5. The summed E-state index contributed by atoms with van der Waals surface area (Å²) in [6.45, 7) is 4.52. The lowest BCUT2D eigenvalue weighted by Gasteiger charge is -2.18. The van der Waals surface area contributed by atoms with E-state index in [2.05, 4.69) is 13.8 Å². The molecule has 226 valence electrons. The molecule has 0 aliphatic heterocycles. The van der Waals surface area contributed by atoms with Crippen molar-refractivity contribution in [3.63, 3.8) is 0 Å². The van der Waals surface area contributed by atoms with Crippen LogP contribution >= 0.6 is 0 Å². The van der Waals surface area contributed by atoms with Crippen molar-refractivity contribution in [2.75, 3.05) is 0 Å². The van der Waals surface area contributed by atoms with Gasteiger partial charge in [0.15, 0.2) is 0 Å². The minimum atomic E-state index is -0.936. The van der Waals surface area contributed by atoms with E-state index < -0.39 is 5.97 Å². The molecule has 38 heavy (non-hydrogen) atoms. The maximum atomic E-state index is 12.5. The van der Waals surface area contributed by atoms with E-state index >= 15 is 0 Å². The number of carbonyl (C=O) groups is 2. The van der Waals surface area contributed by atoms with Crippen molar-refractivity contribution in [2.24, 2.45) is 0 Å². The summed E-state index contributed by atoms with van der Waals surface area (Å²) in [5, 5.41) is 10.5. The van der Waals surface area contributed by atoms with Crippen LogP contribution in [0.4, 0.5) is 0 Å². The smallest absolute Gasteiger partial charge is 0.306 e. The first-order valence-corrected chi connectivity index (χ1v) is 17.0. The molecule has 0 saturated carbocycles. The number of carboxylic acid groups (broad SMARTS) is 1. The van der Waals surface area contributed by atoms with E-state index in [4.69, 9.17) is 4.74 Å². The van der Waals surface area contributed by atoms with E-state index in [9.17, 15) is 14.7 Å². The van der Waals surface area contributed by atoms with Crippen molar-refractivity contribution in [3.05, 3.63) is 0 Å². The van der Waals surface area contributed by atoms with Gasteiger partial charge in [0.25, 0.3) is 0 Å². The van der Waals surface area contributed by atoms with Gasteiger partial charge in [0, 0.05) is 12.4 Å². The molecular weight excluding hydrogens is 472 g/mol. The number of ether oxygens (including phenoxy) is 1. The van der Waals surface area contributed by atoms with Gasteiger partial charge in [-0.1, -0.05) is 149 Å². The van der Waals surface area contributed by atoms with Crippen molar-refractivity contribution >= 4 is 11.9 Å². The van der Waals surface area contributed by atoms with Crippen LogP contribution in [0.3, 0.4) is 0 Å². The Balaban J connectivity index is 3.87. The highest BCUT2D eigenvalue weighted by atomic mass is 16.5. The van der Waals surface area contributed by atoms with E-state index in [1.54, 1.807) is 0 Å². The van der Waals surface area contributed by atoms with Crippen molar-refractivity contribution in [1.82, 2.24) is 0 Å².